The first kappa shape index (κ1) is 15.2. The highest BCUT2D eigenvalue weighted by atomic mass is 19.1. The zero-order chi connectivity index (χ0) is 13.7. The van der Waals surface area contributed by atoms with Gasteiger partial charge in [-0.25, -0.2) is 4.39 Å². The first-order valence-electron chi connectivity index (χ1n) is 7.03. The summed E-state index contributed by atoms with van der Waals surface area (Å²) in [6.07, 6.45) is 4.65. The van der Waals surface area contributed by atoms with Crippen LogP contribution in [-0.4, -0.2) is 0 Å². The molecule has 2 atom stereocenters. The monoisotopic (exact) mass is 251 g/mol. The fourth-order valence-electron chi connectivity index (χ4n) is 2.55. The Bertz CT molecular complexity index is 364. The molecular formula is C16H26FN. The van der Waals surface area contributed by atoms with Crippen LogP contribution in [0.2, 0.25) is 0 Å². The molecule has 0 radical (unpaired) electrons. The lowest BCUT2D eigenvalue weighted by atomic mass is 9.86. The molecule has 0 saturated heterocycles. The van der Waals surface area contributed by atoms with Gasteiger partial charge in [0.1, 0.15) is 5.82 Å². The molecule has 2 heteroatoms. The van der Waals surface area contributed by atoms with E-state index in [0.29, 0.717) is 17.0 Å². The van der Waals surface area contributed by atoms with E-state index in [1.807, 2.05) is 26.0 Å². The minimum atomic E-state index is -0.104. The first-order valence-corrected chi connectivity index (χ1v) is 7.03. The van der Waals surface area contributed by atoms with Gasteiger partial charge < -0.3 is 5.73 Å². The number of benzene rings is 1. The molecule has 102 valence electrons. The van der Waals surface area contributed by atoms with Gasteiger partial charge in [-0.2, -0.15) is 0 Å². The van der Waals surface area contributed by atoms with Crippen molar-refractivity contribution in [3.8, 4) is 0 Å². The Balaban J connectivity index is 2.91. The largest absolute Gasteiger partial charge is 0.324 e. The molecule has 0 bridgehead atoms. The van der Waals surface area contributed by atoms with E-state index in [-0.39, 0.29) is 11.9 Å². The number of aryl methyl sites for hydroxylation is 2. The Hall–Kier alpha value is -0.890. The van der Waals surface area contributed by atoms with Gasteiger partial charge in [0.25, 0.3) is 0 Å². The van der Waals surface area contributed by atoms with Crippen molar-refractivity contribution in [2.75, 3.05) is 0 Å². The van der Waals surface area contributed by atoms with Crippen LogP contribution in [0, 0.1) is 25.6 Å². The van der Waals surface area contributed by atoms with Crippen LogP contribution in [0.25, 0.3) is 0 Å². The molecule has 0 spiro atoms. The highest BCUT2D eigenvalue weighted by molar-refractivity contribution is 5.32. The lowest BCUT2D eigenvalue weighted by Crippen LogP contribution is -2.21. The molecule has 0 aliphatic carbocycles. The average Bonchev–Trinajstić information content (AvgIpc) is 2.36. The normalized spacial score (nSPS) is 14.6. The van der Waals surface area contributed by atoms with Gasteiger partial charge in [-0.3, -0.25) is 0 Å². The molecule has 0 saturated carbocycles. The number of unbranched alkanes of at least 4 members (excludes halogenated alkanes) is 1. The van der Waals surface area contributed by atoms with Gasteiger partial charge in [-0.05, 0) is 42.9 Å². The summed E-state index contributed by atoms with van der Waals surface area (Å²) in [4.78, 5) is 0. The maximum absolute atomic E-state index is 13.6. The molecule has 1 aromatic carbocycles. The van der Waals surface area contributed by atoms with Crippen LogP contribution in [0.1, 0.15) is 62.3 Å². The molecule has 0 amide bonds. The summed E-state index contributed by atoms with van der Waals surface area (Å²) >= 11 is 0. The minimum absolute atomic E-state index is 0.0274. The topological polar surface area (TPSA) is 26.0 Å². The van der Waals surface area contributed by atoms with Gasteiger partial charge >= 0.3 is 0 Å². The fourth-order valence-corrected chi connectivity index (χ4v) is 2.55. The van der Waals surface area contributed by atoms with Crippen LogP contribution in [0.15, 0.2) is 12.1 Å². The third-order valence-corrected chi connectivity index (χ3v) is 3.80. The molecule has 1 rings (SSSR count). The SMILES string of the molecule is CCCCC(CC)C(N)c1cc(C)c(F)c(C)c1. The lowest BCUT2D eigenvalue weighted by Gasteiger charge is -2.24. The second kappa shape index (κ2) is 6.89. The van der Waals surface area contributed by atoms with Crippen molar-refractivity contribution in [2.24, 2.45) is 11.7 Å². The van der Waals surface area contributed by atoms with Gasteiger partial charge in [0.15, 0.2) is 0 Å². The van der Waals surface area contributed by atoms with Gasteiger partial charge in [0.05, 0.1) is 0 Å². The van der Waals surface area contributed by atoms with Crippen LogP contribution in [0.3, 0.4) is 0 Å². The third kappa shape index (κ3) is 3.55. The first-order chi connectivity index (χ1) is 8.51. The Morgan fingerprint density at radius 3 is 2.17 bits per heavy atom. The van der Waals surface area contributed by atoms with E-state index in [2.05, 4.69) is 13.8 Å². The molecule has 0 fully saturated rings. The van der Waals surface area contributed by atoms with Crippen LogP contribution in [0.4, 0.5) is 4.39 Å². The fraction of sp³-hybridized carbons (Fsp3) is 0.625. The molecule has 2 unspecified atom stereocenters. The van der Waals surface area contributed by atoms with Crippen LogP contribution >= 0.6 is 0 Å². The van der Waals surface area contributed by atoms with E-state index in [0.717, 1.165) is 18.4 Å². The van der Waals surface area contributed by atoms with Crippen molar-refractivity contribution < 1.29 is 4.39 Å². The molecule has 18 heavy (non-hydrogen) atoms. The predicted octanol–water partition coefficient (Wildman–Crippen LogP) is 4.66. The number of hydrogen-bond acceptors (Lipinski definition) is 1. The highest BCUT2D eigenvalue weighted by Gasteiger charge is 2.18. The van der Waals surface area contributed by atoms with Crippen molar-refractivity contribution in [2.45, 2.75) is 59.4 Å². The van der Waals surface area contributed by atoms with Crippen molar-refractivity contribution >= 4 is 0 Å². The molecule has 1 aromatic rings. The molecular weight excluding hydrogens is 225 g/mol. The highest BCUT2D eigenvalue weighted by Crippen LogP contribution is 2.29. The summed E-state index contributed by atoms with van der Waals surface area (Å²) in [6, 6.07) is 3.84. The van der Waals surface area contributed by atoms with Crippen molar-refractivity contribution in [3.63, 3.8) is 0 Å². The predicted molar refractivity (Wildman–Crippen MR) is 76.1 cm³/mol. The number of rotatable bonds is 6. The van der Waals surface area contributed by atoms with Gasteiger partial charge in [0, 0.05) is 6.04 Å². The Kier molecular flexibility index (Phi) is 5.80. The minimum Gasteiger partial charge on any atom is -0.324 e. The van der Waals surface area contributed by atoms with Gasteiger partial charge in [-0.1, -0.05) is 45.2 Å². The Morgan fingerprint density at radius 1 is 1.17 bits per heavy atom. The van der Waals surface area contributed by atoms with Crippen molar-refractivity contribution in [3.05, 3.63) is 34.6 Å². The third-order valence-electron chi connectivity index (χ3n) is 3.80. The van der Waals surface area contributed by atoms with Gasteiger partial charge in [-0.15, -0.1) is 0 Å². The van der Waals surface area contributed by atoms with Crippen LogP contribution in [0.5, 0.6) is 0 Å². The number of nitrogens with two attached hydrogens (primary N) is 1. The summed E-state index contributed by atoms with van der Waals surface area (Å²) < 4.78 is 13.6. The smallest absolute Gasteiger partial charge is 0.129 e. The average molecular weight is 251 g/mol. The second-order valence-corrected chi connectivity index (χ2v) is 5.31. The van der Waals surface area contributed by atoms with Crippen molar-refractivity contribution in [1.82, 2.24) is 0 Å². The summed E-state index contributed by atoms with van der Waals surface area (Å²) in [5.41, 5.74) is 8.83. The van der Waals surface area contributed by atoms with E-state index in [1.165, 1.54) is 12.8 Å². The Labute approximate surface area is 111 Å². The number of halogens is 1. The zero-order valence-electron chi connectivity index (χ0n) is 12.1. The molecule has 0 aromatic heterocycles. The van der Waals surface area contributed by atoms with E-state index < -0.39 is 0 Å². The molecule has 0 aliphatic rings. The lowest BCUT2D eigenvalue weighted by molar-refractivity contribution is 0.377. The maximum atomic E-state index is 13.6. The van der Waals surface area contributed by atoms with Crippen LogP contribution in [-0.2, 0) is 0 Å². The van der Waals surface area contributed by atoms with Gasteiger partial charge in [0.2, 0.25) is 0 Å². The number of hydrogen-bond donors (Lipinski definition) is 1. The zero-order valence-corrected chi connectivity index (χ0v) is 12.1. The standard InChI is InChI=1S/C16H26FN/c1-5-7-8-13(6-2)16(18)14-9-11(3)15(17)12(4)10-14/h9-10,13,16H,5-8,18H2,1-4H3. The second-order valence-electron chi connectivity index (χ2n) is 5.31. The van der Waals surface area contributed by atoms with E-state index in [1.54, 1.807) is 0 Å². The van der Waals surface area contributed by atoms with E-state index >= 15 is 0 Å². The maximum Gasteiger partial charge on any atom is 0.129 e. The Morgan fingerprint density at radius 2 is 1.72 bits per heavy atom. The summed E-state index contributed by atoms with van der Waals surface area (Å²) in [7, 11) is 0. The summed E-state index contributed by atoms with van der Waals surface area (Å²) in [5.74, 6) is 0.391. The van der Waals surface area contributed by atoms with E-state index in [9.17, 15) is 4.39 Å². The molecule has 1 nitrogen and oxygen atoms in total. The molecule has 0 aliphatic heterocycles. The molecule has 2 N–H and O–H groups in total. The van der Waals surface area contributed by atoms with E-state index in [4.69, 9.17) is 5.73 Å². The quantitative estimate of drug-likeness (QED) is 0.782. The summed E-state index contributed by atoms with van der Waals surface area (Å²) in [5, 5.41) is 0. The van der Waals surface area contributed by atoms with Crippen LogP contribution < -0.4 is 5.73 Å². The van der Waals surface area contributed by atoms with Crippen molar-refractivity contribution in [1.29, 1.82) is 0 Å². The summed E-state index contributed by atoms with van der Waals surface area (Å²) in [6.45, 7) is 8.00. The molecule has 0 heterocycles.